The number of nitrogens with zero attached hydrogens (tertiary/aromatic N) is 8. The van der Waals surface area contributed by atoms with Gasteiger partial charge in [0.05, 0.1) is 70.7 Å². The number of methoxy groups -OCH3 is 1. The van der Waals surface area contributed by atoms with Crippen molar-refractivity contribution in [3.63, 3.8) is 0 Å². The van der Waals surface area contributed by atoms with Crippen molar-refractivity contribution in [1.29, 1.82) is 0 Å². The molecule has 0 fully saturated rings. The second kappa shape index (κ2) is 38.3. The van der Waals surface area contributed by atoms with Gasteiger partial charge in [0.25, 0.3) is 0 Å². The molecule has 8 N–H and O–H groups in total. The number of ether oxygens (including phenoxy) is 3. The summed E-state index contributed by atoms with van der Waals surface area (Å²) >= 11 is 22.5. The van der Waals surface area contributed by atoms with Crippen molar-refractivity contribution in [1.82, 2.24) is 19.1 Å². The van der Waals surface area contributed by atoms with E-state index < -0.39 is 82.2 Å². The molecular weight excluding hydrogens is 1560 g/mol. The first-order chi connectivity index (χ1) is 48.5. The van der Waals surface area contributed by atoms with Crippen LogP contribution in [0, 0.1) is 0 Å². The molecule has 8 rings (SSSR count). The van der Waals surface area contributed by atoms with Gasteiger partial charge in [0, 0.05) is 37.7 Å². The van der Waals surface area contributed by atoms with Crippen molar-refractivity contribution >= 4 is 130 Å². The van der Waals surface area contributed by atoms with Crippen LogP contribution in [0.4, 0.5) is 0 Å². The van der Waals surface area contributed by atoms with Crippen LogP contribution in [0.2, 0.25) is 0 Å². The minimum absolute atomic E-state index is 0.150. The summed E-state index contributed by atoms with van der Waals surface area (Å²) in [5.41, 5.74) is 4.69. The molecule has 0 bridgehead atoms. The third-order valence-electron chi connectivity index (χ3n) is 13.4. The lowest BCUT2D eigenvalue weighted by molar-refractivity contribution is 0.120. The molecule has 28 nitrogen and oxygen atoms in total. The maximum Gasteiger partial charge on any atom is 0.540 e. The highest BCUT2D eigenvalue weighted by atomic mass is 32.5. The maximum absolute atomic E-state index is 11.5. The molecule has 8 aromatic carbocycles. The van der Waals surface area contributed by atoms with Crippen LogP contribution in [0.25, 0.3) is 0 Å². The molecule has 0 spiro atoms. The standard InChI is InChI=1S/C45H50N4O18P6S2.C18H22N4O2P2S2/c1-48(72(74,64-42-19-7-36(8-20-42)29-68(50,51)52)65-43-21-9-37(10-22-43)30-69(53,54)55)46-27-34-3-15-40(16-4-34)62-33-63-41-17-5-35(6-18-41)28-47-49(2)73(75,66-44-23-11-38(12-24-44)31-70(56,57)58)67-45-25-13-39(14-26-45)32-71(59,60)61;1-21(25(4)27)19-13-16-7-11-18(12-8-16)24-26(28)22(2)20-14-15-5-9-17(23-3)10-6-15/h3-28H,29-33H2,1-2H3,(H2,50,51,52)(H2,53,54,55)(H2,56,57,58)(H2,59,60,61);5-14H,1-4H3/q;+2/b46-27+,47-28+;19-13+,20-14+. The second-order valence-corrected chi connectivity index (χ2v) is 40.2. The second-order valence-electron chi connectivity index (χ2n) is 21.8. The Morgan fingerprint density at radius 3 is 0.874 bits per heavy atom. The topological polar surface area (TPSA) is 366 Å². The summed E-state index contributed by atoms with van der Waals surface area (Å²) in [6.45, 7) is -5.93. The molecule has 103 heavy (non-hydrogen) atoms. The van der Waals surface area contributed by atoms with E-state index in [4.69, 9.17) is 84.1 Å². The van der Waals surface area contributed by atoms with Gasteiger partial charge in [0.15, 0.2) is 17.6 Å². The Kier molecular flexibility index (Phi) is 31.0. The Labute approximate surface area is 617 Å². The lowest BCUT2D eigenvalue weighted by Gasteiger charge is -2.29. The first kappa shape index (κ1) is 83.3. The predicted octanol–water partition coefficient (Wildman–Crippen LogP) is 13.7. The Morgan fingerprint density at radius 1 is 0.369 bits per heavy atom. The molecule has 8 aromatic rings. The van der Waals surface area contributed by atoms with Crippen molar-refractivity contribution in [3.8, 4) is 46.0 Å². The molecule has 0 amide bonds. The third kappa shape index (κ3) is 30.2. The zero-order valence-electron chi connectivity index (χ0n) is 55.6. The van der Waals surface area contributed by atoms with Gasteiger partial charge in [-0.15, -0.1) is 15.0 Å². The van der Waals surface area contributed by atoms with Gasteiger partial charge in [-0.25, -0.2) is 9.56 Å². The van der Waals surface area contributed by atoms with Crippen LogP contribution in [0.3, 0.4) is 0 Å². The normalized spacial score (nSPS) is 12.5. The first-order valence-electron chi connectivity index (χ1n) is 29.9. The molecular formula is C63H72N8O20P8S4+2. The Bertz CT molecular complexity index is 4220. The molecule has 0 heterocycles. The van der Waals surface area contributed by atoms with Crippen molar-refractivity contribution in [2.45, 2.75) is 24.6 Å². The predicted molar refractivity (Wildman–Crippen MR) is 415 cm³/mol. The van der Waals surface area contributed by atoms with Gasteiger partial charge in [0.1, 0.15) is 46.9 Å². The van der Waals surface area contributed by atoms with Gasteiger partial charge in [-0.05, 0) is 190 Å². The van der Waals surface area contributed by atoms with Crippen molar-refractivity contribution in [2.24, 2.45) is 20.4 Å². The monoisotopic (exact) mass is 1640 g/mol. The van der Waals surface area contributed by atoms with Crippen LogP contribution in [0.5, 0.6) is 46.0 Å². The van der Waals surface area contributed by atoms with Crippen molar-refractivity contribution in [3.05, 3.63) is 239 Å². The van der Waals surface area contributed by atoms with E-state index in [9.17, 15) is 57.4 Å². The maximum atomic E-state index is 11.5. The fourth-order valence-electron chi connectivity index (χ4n) is 8.14. The molecule has 0 aliphatic heterocycles. The molecule has 0 saturated carbocycles. The number of rotatable bonds is 35. The Morgan fingerprint density at radius 2 is 0.612 bits per heavy atom. The number of benzene rings is 8. The summed E-state index contributed by atoms with van der Waals surface area (Å²) < 4.78 is 99.3. The van der Waals surface area contributed by atoms with Crippen LogP contribution in [0.1, 0.15) is 44.5 Å². The van der Waals surface area contributed by atoms with Gasteiger partial charge in [-0.1, -0.05) is 53.3 Å². The SMILES string of the molecule is CN(/N=C/c1ccc(OCOc2ccc(/C=N/N(C)P(=S)(Oc3ccc(CP(=O)(O)O)cc3)Oc3ccc(CP(=O)(O)O)cc3)cc2)cc1)P(=S)(Oc1ccc(CP(=O)(O)O)cc1)Oc1ccc(CP(=O)(O)O)cc1.COc1ccc(/C=N/N(C)[P+](=S)Oc2ccc(/C=N/N(C)[P+](C)=S)cc2)cc1. The highest BCUT2D eigenvalue weighted by Gasteiger charge is 2.31. The fraction of sp³-hybridized carbons (Fsp3) is 0.175. The molecule has 0 aliphatic carbocycles. The molecule has 0 radical (unpaired) electrons. The van der Waals surface area contributed by atoms with E-state index in [2.05, 4.69) is 20.4 Å². The Balaban J connectivity index is 0.000000442. The zero-order valence-corrected chi connectivity index (χ0v) is 66.0. The largest absolute Gasteiger partial charge is 0.540 e. The summed E-state index contributed by atoms with van der Waals surface area (Å²) in [7, 11) is -10.2. The fourth-order valence-corrected chi connectivity index (χ4v) is 15.9. The molecule has 2 atom stereocenters. The van der Waals surface area contributed by atoms with Crippen molar-refractivity contribution < 1.29 is 94.2 Å². The average molecular weight is 1640 g/mol. The van der Waals surface area contributed by atoms with Gasteiger partial charge in [-0.2, -0.15) is 10.2 Å². The molecule has 0 saturated heterocycles. The summed E-state index contributed by atoms with van der Waals surface area (Å²) in [6, 6.07) is 52.8. The van der Waals surface area contributed by atoms with E-state index in [1.165, 1.54) is 119 Å². The van der Waals surface area contributed by atoms with Gasteiger partial charge >= 0.3 is 57.6 Å². The Hall–Kier alpha value is -7.02. The van der Waals surface area contributed by atoms with Gasteiger partial charge in [-0.3, -0.25) is 22.8 Å². The number of hydrogen-bond donors (Lipinski definition) is 8. The summed E-state index contributed by atoms with van der Waals surface area (Å²) in [5, 5.41) is 17.6. The summed E-state index contributed by atoms with van der Waals surface area (Å²) in [6.07, 6.45) is 4.66. The average Bonchev–Trinajstić information content (AvgIpc) is 0.818. The van der Waals surface area contributed by atoms with Crippen LogP contribution in [-0.2, 0) is 90.1 Å². The first-order valence-corrected chi connectivity index (χ1v) is 47.2. The van der Waals surface area contributed by atoms with Crippen molar-refractivity contribution in [2.75, 3.05) is 48.8 Å². The summed E-state index contributed by atoms with van der Waals surface area (Å²) in [4.78, 5) is 75.0. The van der Waals surface area contributed by atoms with E-state index in [-0.39, 0.29) is 29.8 Å². The van der Waals surface area contributed by atoms with Gasteiger partial charge < -0.3 is 71.5 Å². The minimum atomic E-state index is -4.32. The molecule has 0 aliphatic rings. The smallest absolute Gasteiger partial charge is 0.497 e. The van der Waals surface area contributed by atoms with E-state index >= 15 is 0 Å². The molecule has 40 heteroatoms. The molecule has 2 unspecified atom stereocenters. The number of hydrogen-bond acceptors (Lipinski definition) is 20. The van der Waals surface area contributed by atoms with Crippen LogP contribution in [0.15, 0.2) is 215 Å². The zero-order chi connectivity index (χ0) is 75.2. The summed E-state index contributed by atoms with van der Waals surface area (Å²) in [5.74, 6) is 3.39. The molecule has 546 valence electrons. The minimum Gasteiger partial charge on any atom is -0.497 e. The molecule has 0 aromatic heterocycles. The lowest BCUT2D eigenvalue weighted by atomic mass is 10.2. The van der Waals surface area contributed by atoms with E-state index in [0.717, 1.165) is 16.9 Å². The van der Waals surface area contributed by atoms with Crippen LogP contribution >= 0.6 is 57.6 Å². The quantitative estimate of drug-likeness (QED) is 0.00791. The third-order valence-corrected chi connectivity index (χ3v) is 25.7. The van der Waals surface area contributed by atoms with Crippen LogP contribution in [-0.4, -0.2) is 132 Å². The highest BCUT2D eigenvalue weighted by molar-refractivity contribution is 8.09. The van der Waals surface area contributed by atoms with E-state index in [1.807, 2.05) is 62.2 Å². The highest BCUT2D eigenvalue weighted by Crippen LogP contribution is 2.54. The van der Waals surface area contributed by atoms with Gasteiger partial charge in [0.2, 0.25) is 18.6 Å². The van der Waals surface area contributed by atoms with E-state index in [1.54, 1.807) is 98.8 Å². The number of hydrazone groups is 4. The van der Waals surface area contributed by atoms with E-state index in [0.29, 0.717) is 50.6 Å². The lowest BCUT2D eigenvalue weighted by Crippen LogP contribution is -2.17. The van der Waals surface area contributed by atoms with Crippen LogP contribution < -0.4 is 36.8 Å².